The van der Waals surface area contributed by atoms with Crippen LogP contribution in [-0.4, -0.2) is 0 Å². The van der Waals surface area contributed by atoms with E-state index in [1.54, 1.807) is 11.1 Å². The Morgan fingerprint density at radius 1 is 1.31 bits per heavy atom. The zero-order chi connectivity index (χ0) is 10.2. The van der Waals surface area contributed by atoms with Gasteiger partial charge in [0.15, 0.2) is 0 Å². The molecule has 76 valence electrons. The van der Waals surface area contributed by atoms with Crippen LogP contribution in [0, 0.1) is 17.3 Å². The van der Waals surface area contributed by atoms with E-state index in [1.165, 1.54) is 12.8 Å². The molecule has 0 heterocycles. The third kappa shape index (κ3) is 1.56. The van der Waals surface area contributed by atoms with E-state index in [4.69, 9.17) is 0 Å². The Morgan fingerprint density at radius 3 is 2.23 bits per heavy atom. The highest BCUT2D eigenvalue weighted by molar-refractivity contribution is 5.23. The highest BCUT2D eigenvalue weighted by Crippen LogP contribution is 2.49. The van der Waals surface area contributed by atoms with Gasteiger partial charge in [-0.2, -0.15) is 0 Å². The number of allylic oxidation sites excluding steroid dienone is 2. The molecule has 0 fully saturated rings. The standard InChI is InChI=1S/C13H24/c1-9(2)13(6)11(4)8-7-10(3)12(13)5/h9,11H,7-8H2,1-6H3. The molecule has 1 aliphatic carbocycles. The van der Waals surface area contributed by atoms with E-state index in [-0.39, 0.29) is 0 Å². The van der Waals surface area contributed by atoms with E-state index in [1.807, 2.05) is 0 Å². The van der Waals surface area contributed by atoms with Crippen molar-refractivity contribution >= 4 is 0 Å². The van der Waals surface area contributed by atoms with Crippen LogP contribution >= 0.6 is 0 Å². The highest BCUT2D eigenvalue weighted by Gasteiger charge is 2.38. The minimum Gasteiger partial charge on any atom is -0.0738 e. The van der Waals surface area contributed by atoms with Gasteiger partial charge in [0.1, 0.15) is 0 Å². The largest absolute Gasteiger partial charge is 0.0738 e. The van der Waals surface area contributed by atoms with Crippen molar-refractivity contribution in [2.45, 2.75) is 54.4 Å². The first kappa shape index (κ1) is 10.8. The van der Waals surface area contributed by atoms with E-state index in [9.17, 15) is 0 Å². The molecule has 13 heavy (non-hydrogen) atoms. The minimum absolute atomic E-state index is 0.447. The first-order valence-electron chi connectivity index (χ1n) is 5.57. The van der Waals surface area contributed by atoms with Crippen molar-refractivity contribution in [2.75, 3.05) is 0 Å². The van der Waals surface area contributed by atoms with Crippen LogP contribution in [-0.2, 0) is 0 Å². The normalized spacial score (nSPS) is 35.8. The van der Waals surface area contributed by atoms with Crippen molar-refractivity contribution in [3.05, 3.63) is 11.1 Å². The molecule has 1 aliphatic rings. The Balaban J connectivity index is 3.10. The van der Waals surface area contributed by atoms with E-state index < -0.39 is 0 Å². The van der Waals surface area contributed by atoms with Gasteiger partial charge in [0.2, 0.25) is 0 Å². The lowest BCUT2D eigenvalue weighted by Crippen LogP contribution is -2.35. The average molecular weight is 180 g/mol. The third-order valence-electron chi connectivity index (χ3n) is 4.62. The molecule has 2 atom stereocenters. The molecule has 0 aromatic carbocycles. The van der Waals surface area contributed by atoms with E-state index >= 15 is 0 Å². The summed E-state index contributed by atoms with van der Waals surface area (Å²) >= 11 is 0. The highest BCUT2D eigenvalue weighted by atomic mass is 14.4. The van der Waals surface area contributed by atoms with Crippen LogP contribution in [0.1, 0.15) is 54.4 Å². The maximum atomic E-state index is 2.44. The summed E-state index contributed by atoms with van der Waals surface area (Å²) in [4.78, 5) is 0. The third-order valence-corrected chi connectivity index (χ3v) is 4.62. The van der Waals surface area contributed by atoms with Gasteiger partial charge in [-0.3, -0.25) is 0 Å². The monoisotopic (exact) mass is 180 g/mol. The van der Waals surface area contributed by atoms with Crippen molar-refractivity contribution < 1.29 is 0 Å². The summed E-state index contributed by atoms with van der Waals surface area (Å²) in [7, 11) is 0. The molecule has 0 aromatic rings. The second-order valence-corrected chi connectivity index (χ2v) is 5.28. The van der Waals surface area contributed by atoms with Crippen LogP contribution < -0.4 is 0 Å². The molecular formula is C13H24. The molecule has 0 radical (unpaired) electrons. The van der Waals surface area contributed by atoms with Gasteiger partial charge in [0, 0.05) is 0 Å². The molecule has 1 rings (SSSR count). The first-order chi connectivity index (χ1) is 5.90. The van der Waals surface area contributed by atoms with Gasteiger partial charge in [0.05, 0.1) is 0 Å². The zero-order valence-corrected chi connectivity index (χ0v) is 10.1. The molecule has 0 amide bonds. The van der Waals surface area contributed by atoms with Gasteiger partial charge in [-0.25, -0.2) is 0 Å². The molecule has 0 aliphatic heterocycles. The second-order valence-electron chi connectivity index (χ2n) is 5.28. The molecule has 0 bridgehead atoms. The van der Waals surface area contributed by atoms with Crippen molar-refractivity contribution in [2.24, 2.45) is 17.3 Å². The van der Waals surface area contributed by atoms with Crippen molar-refractivity contribution in [1.29, 1.82) is 0 Å². The molecule has 2 unspecified atom stereocenters. The Morgan fingerprint density at radius 2 is 1.85 bits per heavy atom. The lowest BCUT2D eigenvalue weighted by atomic mass is 9.60. The molecule has 0 N–H and O–H groups in total. The van der Waals surface area contributed by atoms with Gasteiger partial charge in [0.25, 0.3) is 0 Å². The summed E-state index contributed by atoms with van der Waals surface area (Å²) in [5, 5.41) is 0. The minimum atomic E-state index is 0.447. The average Bonchev–Trinajstić information content (AvgIpc) is 2.08. The van der Waals surface area contributed by atoms with Crippen molar-refractivity contribution in [3.63, 3.8) is 0 Å². The quantitative estimate of drug-likeness (QED) is 0.524. The van der Waals surface area contributed by atoms with E-state index in [0.717, 1.165) is 11.8 Å². The molecule has 0 saturated carbocycles. The maximum absolute atomic E-state index is 2.44. The fourth-order valence-corrected chi connectivity index (χ4v) is 2.75. The van der Waals surface area contributed by atoms with Crippen LogP contribution in [0.3, 0.4) is 0 Å². The van der Waals surface area contributed by atoms with Gasteiger partial charge >= 0.3 is 0 Å². The van der Waals surface area contributed by atoms with Crippen molar-refractivity contribution in [1.82, 2.24) is 0 Å². The van der Waals surface area contributed by atoms with E-state index in [2.05, 4.69) is 41.5 Å². The summed E-state index contributed by atoms with van der Waals surface area (Å²) in [5.41, 5.74) is 3.73. The van der Waals surface area contributed by atoms with Gasteiger partial charge in [-0.15, -0.1) is 0 Å². The predicted molar refractivity (Wildman–Crippen MR) is 59.7 cm³/mol. The summed E-state index contributed by atoms with van der Waals surface area (Å²) in [6.07, 6.45) is 2.69. The number of hydrogen-bond donors (Lipinski definition) is 0. The topological polar surface area (TPSA) is 0 Å². The van der Waals surface area contributed by atoms with Crippen LogP contribution in [0.5, 0.6) is 0 Å². The molecule has 0 spiro atoms. The Labute approximate surface area is 83.4 Å². The lowest BCUT2D eigenvalue weighted by Gasteiger charge is -2.45. The number of rotatable bonds is 1. The summed E-state index contributed by atoms with van der Waals surface area (Å²) < 4.78 is 0. The fourth-order valence-electron chi connectivity index (χ4n) is 2.75. The van der Waals surface area contributed by atoms with Crippen LogP contribution in [0.2, 0.25) is 0 Å². The first-order valence-corrected chi connectivity index (χ1v) is 5.57. The maximum Gasteiger partial charge on any atom is -0.00679 e. The molecule has 0 aromatic heterocycles. The summed E-state index contributed by atoms with van der Waals surface area (Å²) in [6, 6.07) is 0. The molecule has 0 nitrogen and oxygen atoms in total. The predicted octanol–water partition coefficient (Wildman–Crippen LogP) is 4.42. The van der Waals surface area contributed by atoms with Gasteiger partial charge in [-0.1, -0.05) is 38.8 Å². The van der Waals surface area contributed by atoms with Crippen LogP contribution in [0.15, 0.2) is 11.1 Å². The Kier molecular flexibility index (Phi) is 2.89. The molecule has 0 heteroatoms. The van der Waals surface area contributed by atoms with Crippen molar-refractivity contribution in [3.8, 4) is 0 Å². The lowest BCUT2D eigenvalue weighted by molar-refractivity contribution is 0.151. The SMILES string of the molecule is CC1=C(C)C(C)(C(C)C)C(C)CC1. The zero-order valence-electron chi connectivity index (χ0n) is 10.1. The Bertz CT molecular complexity index is 222. The van der Waals surface area contributed by atoms with Gasteiger partial charge in [-0.05, 0) is 43.9 Å². The Hall–Kier alpha value is -0.260. The van der Waals surface area contributed by atoms with Crippen LogP contribution in [0.4, 0.5) is 0 Å². The van der Waals surface area contributed by atoms with Gasteiger partial charge < -0.3 is 0 Å². The fraction of sp³-hybridized carbons (Fsp3) is 0.846. The summed E-state index contributed by atoms with van der Waals surface area (Å²) in [5.74, 6) is 1.61. The molecule has 0 saturated heterocycles. The number of hydrogen-bond acceptors (Lipinski definition) is 0. The smallest absolute Gasteiger partial charge is 0.00679 e. The van der Waals surface area contributed by atoms with E-state index in [0.29, 0.717) is 5.41 Å². The summed E-state index contributed by atoms with van der Waals surface area (Å²) in [6.45, 7) is 14.2. The second kappa shape index (κ2) is 3.48. The molecular weight excluding hydrogens is 156 g/mol. The van der Waals surface area contributed by atoms with Crippen LogP contribution in [0.25, 0.3) is 0 Å².